The summed E-state index contributed by atoms with van der Waals surface area (Å²) in [4.78, 5) is 41.5. The van der Waals surface area contributed by atoms with Gasteiger partial charge in [0.15, 0.2) is 0 Å². The maximum atomic E-state index is 14.9. The number of hydrogen-bond donors (Lipinski definition) is 1. The summed E-state index contributed by atoms with van der Waals surface area (Å²) in [5.41, 5.74) is 3.21. The smallest absolute Gasteiger partial charge is 0.310 e. The van der Waals surface area contributed by atoms with E-state index >= 15 is 0 Å². The molecule has 218 valence electrons. The molecule has 1 aliphatic heterocycles. The highest BCUT2D eigenvalue weighted by molar-refractivity contribution is 5.98. The molecule has 6 nitrogen and oxygen atoms in total. The van der Waals surface area contributed by atoms with Gasteiger partial charge in [-0.05, 0) is 73.4 Å². The predicted octanol–water partition coefficient (Wildman–Crippen LogP) is 6.75. The van der Waals surface area contributed by atoms with E-state index in [1.54, 1.807) is 30.9 Å². The number of anilines is 1. The summed E-state index contributed by atoms with van der Waals surface area (Å²) in [6, 6.07) is 12.0. The molecule has 2 amide bonds. The molecule has 1 aliphatic carbocycles. The first kappa shape index (κ1) is 30.2. The standard InChI is InChI=1S/C34H41FN2O4/c1-6-41-29(38)20-23-15-17-24(18-16-23)31-27(32(39)36-26-12-8-11-25(21-26)34(3,4)5)13-9-19-37(31)33(40)30-22(2)10-7-14-28(30)35/h7-8,10-12,14-17,21,24,27,31H,6,9,13,18-20H2,1-5H3,(H,36,39)/t24?,27-,31-/m0/s1. The number of hydrogen-bond acceptors (Lipinski definition) is 4. The zero-order chi connectivity index (χ0) is 29.7. The number of esters is 1. The summed E-state index contributed by atoms with van der Waals surface area (Å²) in [6.07, 6.45) is 7.83. The highest BCUT2D eigenvalue weighted by atomic mass is 19.1. The molecule has 2 aromatic carbocycles. The summed E-state index contributed by atoms with van der Waals surface area (Å²) in [5, 5.41) is 3.11. The van der Waals surface area contributed by atoms with Crippen LogP contribution in [-0.2, 0) is 19.7 Å². The minimum Gasteiger partial charge on any atom is -0.466 e. The first-order valence-electron chi connectivity index (χ1n) is 14.5. The Kier molecular flexibility index (Phi) is 9.46. The molecule has 0 spiro atoms. The van der Waals surface area contributed by atoms with E-state index in [0.717, 1.165) is 11.1 Å². The Bertz CT molecular complexity index is 1340. The van der Waals surface area contributed by atoms with Gasteiger partial charge in [0.05, 0.1) is 30.6 Å². The number of piperidine rings is 1. The number of benzene rings is 2. The van der Waals surface area contributed by atoms with E-state index in [2.05, 4.69) is 26.1 Å². The number of rotatable bonds is 7. The summed E-state index contributed by atoms with van der Waals surface area (Å²) < 4.78 is 20.0. The molecule has 1 saturated heterocycles. The third-order valence-corrected chi connectivity index (χ3v) is 8.02. The molecule has 3 atom stereocenters. The fraction of sp³-hybridized carbons (Fsp3) is 0.441. The molecule has 1 unspecified atom stereocenters. The molecular weight excluding hydrogens is 519 g/mol. The van der Waals surface area contributed by atoms with Crippen LogP contribution in [0.15, 0.2) is 66.3 Å². The van der Waals surface area contributed by atoms with Crippen LogP contribution < -0.4 is 5.32 Å². The molecule has 1 fully saturated rings. The van der Waals surface area contributed by atoms with Crippen molar-refractivity contribution in [1.29, 1.82) is 0 Å². The Balaban J connectivity index is 1.64. The molecule has 41 heavy (non-hydrogen) atoms. The minimum absolute atomic E-state index is 0.0507. The highest BCUT2D eigenvalue weighted by Crippen LogP contribution is 2.36. The lowest BCUT2D eigenvalue weighted by Gasteiger charge is -2.44. The summed E-state index contributed by atoms with van der Waals surface area (Å²) in [7, 11) is 0. The average Bonchev–Trinajstić information content (AvgIpc) is 2.93. The minimum atomic E-state index is -0.560. The van der Waals surface area contributed by atoms with Crippen LogP contribution in [0.2, 0.25) is 0 Å². The lowest BCUT2D eigenvalue weighted by molar-refractivity contribution is -0.142. The van der Waals surface area contributed by atoms with Crippen molar-refractivity contribution in [3.63, 3.8) is 0 Å². The Labute approximate surface area is 242 Å². The van der Waals surface area contributed by atoms with Gasteiger partial charge >= 0.3 is 5.97 Å². The first-order valence-corrected chi connectivity index (χ1v) is 14.5. The van der Waals surface area contributed by atoms with Crippen molar-refractivity contribution in [2.45, 2.75) is 71.8 Å². The Morgan fingerprint density at radius 1 is 1.12 bits per heavy atom. The van der Waals surface area contributed by atoms with E-state index in [4.69, 9.17) is 4.74 Å². The van der Waals surface area contributed by atoms with Crippen molar-refractivity contribution in [2.24, 2.45) is 11.8 Å². The van der Waals surface area contributed by atoms with Gasteiger partial charge in [0, 0.05) is 18.2 Å². The molecule has 2 aliphatic rings. The molecule has 0 aromatic heterocycles. The van der Waals surface area contributed by atoms with Crippen molar-refractivity contribution >= 4 is 23.5 Å². The van der Waals surface area contributed by atoms with Crippen molar-refractivity contribution in [1.82, 2.24) is 4.90 Å². The van der Waals surface area contributed by atoms with Crippen molar-refractivity contribution in [2.75, 3.05) is 18.5 Å². The second kappa shape index (κ2) is 12.8. The van der Waals surface area contributed by atoms with Gasteiger partial charge in [0.25, 0.3) is 5.91 Å². The molecule has 0 bridgehead atoms. The molecule has 1 N–H and O–H groups in total. The zero-order valence-corrected chi connectivity index (χ0v) is 24.7. The van der Waals surface area contributed by atoms with Crippen molar-refractivity contribution in [3.8, 4) is 0 Å². The van der Waals surface area contributed by atoms with Gasteiger partial charge in [0.2, 0.25) is 5.91 Å². The number of carbonyl (C=O) groups is 3. The first-order chi connectivity index (χ1) is 19.5. The van der Waals surface area contributed by atoms with Gasteiger partial charge in [-0.25, -0.2) is 4.39 Å². The molecule has 0 saturated carbocycles. The van der Waals surface area contributed by atoms with Crippen LogP contribution in [0.25, 0.3) is 0 Å². The topological polar surface area (TPSA) is 75.7 Å². The second-order valence-corrected chi connectivity index (χ2v) is 12.0. The Morgan fingerprint density at radius 2 is 1.88 bits per heavy atom. The van der Waals surface area contributed by atoms with Gasteiger partial charge in [-0.1, -0.05) is 63.3 Å². The van der Waals surface area contributed by atoms with E-state index in [9.17, 15) is 18.8 Å². The highest BCUT2D eigenvalue weighted by Gasteiger charge is 2.43. The SMILES string of the molecule is CCOC(=O)CC1=CCC([C@H]2[C@@H](C(=O)Nc3cccc(C(C)(C)C)c3)CCCN2C(=O)c2c(C)cccc2F)C=C1. The van der Waals surface area contributed by atoms with Crippen molar-refractivity contribution in [3.05, 3.63) is 88.8 Å². The quantitative estimate of drug-likeness (QED) is 0.380. The maximum Gasteiger partial charge on any atom is 0.310 e. The van der Waals surface area contributed by atoms with Gasteiger partial charge < -0.3 is 15.0 Å². The molecule has 1 heterocycles. The molecule has 2 aromatic rings. The van der Waals surface area contributed by atoms with Crippen LogP contribution >= 0.6 is 0 Å². The van der Waals surface area contributed by atoms with Gasteiger partial charge in [-0.15, -0.1) is 0 Å². The van der Waals surface area contributed by atoms with Crippen LogP contribution in [0.4, 0.5) is 10.1 Å². The van der Waals surface area contributed by atoms with E-state index in [1.165, 1.54) is 6.07 Å². The van der Waals surface area contributed by atoms with Crippen LogP contribution in [-0.4, -0.2) is 41.9 Å². The zero-order valence-electron chi connectivity index (χ0n) is 24.7. The average molecular weight is 561 g/mol. The lowest BCUT2D eigenvalue weighted by atomic mass is 9.76. The largest absolute Gasteiger partial charge is 0.466 e. The Morgan fingerprint density at radius 3 is 2.54 bits per heavy atom. The van der Waals surface area contributed by atoms with Gasteiger partial charge in [0.1, 0.15) is 5.82 Å². The van der Waals surface area contributed by atoms with Gasteiger partial charge in [-0.2, -0.15) is 0 Å². The molecule has 0 radical (unpaired) electrons. The monoisotopic (exact) mass is 560 g/mol. The van der Waals surface area contributed by atoms with Crippen LogP contribution in [0.5, 0.6) is 0 Å². The van der Waals surface area contributed by atoms with Crippen LogP contribution in [0.3, 0.4) is 0 Å². The van der Waals surface area contributed by atoms with E-state index < -0.39 is 23.7 Å². The lowest BCUT2D eigenvalue weighted by Crippen LogP contribution is -2.55. The maximum absolute atomic E-state index is 14.9. The molecule has 7 heteroatoms. The number of carbonyl (C=O) groups excluding carboxylic acids is 3. The molecular formula is C34H41FN2O4. The van der Waals surface area contributed by atoms with Gasteiger partial charge in [-0.3, -0.25) is 14.4 Å². The summed E-state index contributed by atoms with van der Waals surface area (Å²) >= 11 is 0. The van der Waals surface area contributed by atoms with E-state index in [1.807, 2.05) is 42.5 Å². The summed E-state index contributed by atoms with van der Waals surface area (Å²) in [6.45, 7) is 10.6. The normalized spacial score (nSPS) is 20.8. The van der Waals surface area contributed by atoms with E-state index in [0.29, 0.717) is 43.7 Å². The fourth-order valence-corrected chi connectivity index (χ4v) is 5.86. The third-order valence-electron chi connectivity index (χ3n) is 8.02. The second-order valence-electron chi connectivity index (χ2n) is 12.0. The number of nitrogens with one attached hydrogen (secondary N) is 1. The van der Waals surface area contributed by atoms with Crippen molar-refractivity contribution < 1.29 is 23.5 Å². The Hall–Kier alpha value is -3.74. The fourth-order valence-electron chi connectivity index (χ4n) is 5.86. The number of aryl methyl sites for hydroxylation is 1. The predicted molar refractivity (Wildman–Crippen MR) is 159 cm³/mol. The third kappa shape index (κ3) is 7.13. The van der Waals surface area contributed by atoms with Crippen LogP contribution in [0.1, 0.15) is 74.9 Å². The number of halogens is 1. The number of ether oxygens (including phenoxy) is 1. The number of amides is 2. The van der Waals surface area contributed by atoms with Crippen LogP contribution in [0, 0.1) is 24.6 Å². The molecule has 4 rings (SSSR count). The number of nitrogens with zero attached hydrogens (tertiary/aromatic N) is 1. The summed E-state index contributed by atoms with van der Waals surface area (Å²) in [5.74, 6) is -2.07. The number of allylic oxidation sites excluding steroid dienone is 2. The number of likely N-dealkylation sites (tertiary alicyclic amines) is 1. The van der Waals surface area contributed by atoms with E-state index in [-0.39, 0.29) is 35.2 Å².